The lowest BCUT2D eigenvalue weighted by molar-refractivity contribution is 0.344. The van der Waals surface area contributed by atoms with Gasteiger partial charge in [-0.05, 0) is 32.0 Å². The van der Waals surface area contributed by atoms with Crippen LogP contribution in [0.2, 0.25) is 10.0 Å². The Morgan fingerprint density at radius 1 is 0.781 bits per heavy atom. The molecule has 0 atom stereocenters. The Hall–Kier alpha value is -2.60. The maximum absolute atomic E-state index is 6.16. The first kappa shape index (κ1) is 22.6. The molecule has 0 unspecified atom stereocenters. The molecule has 0 saturated heterocycles. The zero-order valence-electron chi connectivity index (χ0n) is 17.7. The molecule has 4 rings (SSSR count). The molecule has 4 aromatic rings. The Balaban J connectivity index is 1.53. The molecule has 1 aromatic heterocycles. The first-order valence-electron chi connectivity index (χ1n) is 10.1. The van der Waals surface area contributed by atoms with Crippen molar-refractivity contribution in [2.24, 2.45) is 0 Å². The Morgan fingerprint density at radius 2 is 1.41 bits per heavy atom. The normalized spacial score (nSPS) is 10.9. The fraction of sp³-hybridized carbons (Fsp3) is 0.160. The van der Waals surface area contributed by atoms with Crippen LogP contribution in [0.4, 0.5) is 0 Å². The van der Waals surface area contributed by atoms with E-state index in [4.69, 9.17) is 32.9 Å². The third-order valence-electron chi connectivity index (χ3n) is 4.78. The molecule has 3 aromatic carbocycles. The van der Waals surface area contributed by atoms with Crippen LogP contribution in [0.1, 0.15) is 11.1 Å². The van der Waals surface area contributed by atoms with Crippen molar-refractivity contribution < 1.29 is 4.74 Å². The predicted octanol–water partition coefficient (Wildman–Crippen LogP) is 7.30. The summed E-state index contributed by atoms with van der Waals surface area (Å²) in [6.07, 6.45) is 0. The van der Waals surface area contributed by atoms with Crippen molar-refractivity contribution in [1.29, 1.82) is 0 Å². The largest absolute Gasteiger partial charge is 0.491 e. The molecular formula is C25H21Cl2N3OS. The second kappa shape index (κ2) is 10.3. The molecule has 0 aliphatic carbocycles. The summed E-state index contributed by atoms with van der Waals surface area (Å²) in [5.41, 5.74) is 5.96. The molecule has 0 radical (unpaired) electrons. The van der Waals surface area contributed by atoms with Crippen LogP contribution >= 0.6 is 35.0 Å². The average molecular weight is 482 g/mol. The number of thioether (sulfide) groups is 1. The Kier molecular flexibility index (Phi) is 7.30. The molecule has 1 heterocycles. The van der Waals surface area contributed by atoms with Gasteiger partial charge < -0.3 is 4.74 Å². The van der Waals surface area contributed by atoms with Crippen molar-refractivity contribution in [2.75, 3.05) is 12.4 Å². The maximum Gasteiger partial charge on any atom is 0.209 e. The summed E-state index contributed by atoms with van der Waals surface area (Å²) < 4.78 is 5.76. The first-order valence-corrected chi connectivity index (χ1v) is 11.8. The van der Waals surface area contributed by atoms with Gasteiger partial charge in [0.25, 0.3) is 0 Å². The molecule has 4 nitrogen and oxygen atoms in total. The van der Waals surface area contributed by atoms with Gasteiger partial charge in [0.1, 0.15) is 17.1 Å². The molecule has 0 aliphatic rings. The van der Waals surface area contributed by atoms with Gasteiger partial charge in [0, 0.05) is 21.9 Å². The summed E-state index contributed by atoms with van der Waals surface area (Å²) >= 11 is 13.6. The highest BCUT2D eigenvalue weighted by Gasteiger charge is 2.14. The minimum atomic E-state index is 0.453. The second-order valence-electron chi connectivity index (χ2n) is 7.30. The minimum absolute atomic E-state index is 0.453. The number of benzene rings is 3. The molecule has 162 valence electrons. The van der Waals surface area contributed by atoms with Gasteiger partial charge in [-0.25, -0.2) is 4.98 Å². The van der Waals surface area contributed by atoms with Crippen molar-refractivity contribution in [3.8, 4) is 28.3 Å². The van der Waals surface area contributed by atoms with Crippen LogP contribution in [-0.4, -0.2) is 27.5 Å². The van der Waals surface area contributed by atoms with Crippen LogP contribution in [-0.2, 0) is 0 Å². The summed E-state index contributed by atoms with van der Waals surface area (Å²) in [5, 5.41) is 10.6. The number of nitrogens with zero attached hydrogens (tertiary/aromatic N) is 3. The predicted molar refractivity (Wildman–Crippen MR) is 133 cm³/mol. The van der Waals surface area contributed by atoms with Crippen LogP contribution in [0.25, 0.3) is 22.5 Å². The first-order chi connectivity index (χ1) is 15.5. The van der Waals surface area contributed by atoms with E-state index in [1.165, 1.54) is 22.9 Å². The summed E-state index contributed by atoms with van der Waals surface area (Å²) in [5.74, 6) is 1.25. The van der Waals surface area contributed by atoms with Crippen LogP contribution in [0.15, 0.2) is 71.9 Å². The number of halogens is 2. The van der Waals surface area contributed by atoms with E-state index in [0.29, 0.717) is 33.3 Å². The van der Waals surface area contributed by atoms with Gasteiger partial charge >= 0.3 is 0 Å². The Labute approximate surface area is 202 Å². The maximum atomic E-state index is 6.16. The van der Waals surface area contributed by atoms with E-state index in [1.807, 2.05) is 0 Å². The second-order valence-corrected chi connectivity index (χ2v) is 9.20. The molecule has 0 spiro atoms. The quantitative estimate of drug-likeness (QED) is 0.204. The molecule has 7 heteroatoms. The van der Waals surface area contributed by atoms with Crippen molar-refractivity contribution in [3.63, 3.8) is 0 Å². The number of hydrogen-bond acceptors (Lipinski definition) is 5. The summed E-state index contributed by atoms with van der Waals surface area (Å²) in [4.78, 5) is 4.84. The number of aromatic nitrogens is 3. The van der Waals surface area contributed by atoms with Crippen LogP contribution in [0.3, 0.4) is 0 Å². The number of ether oxygens (including phenoxy) is 1. The lowest BCUT2D eigenvalue weighted by Crippen LogP contribution is -2.03. The van der Waals surface area contributed by atoms with Gasteiger partial charge in [0.15, 0.2) is 0 Å². The van der Waals surface area contributed by atoms with E-state index in [9.17, 15) is 0 Å². The minimum Gasteiger partial charge on any atom is -0.491 e. The topological polar surface area (TPSA) is 47.9 Å². The van der Waals surface area contributed by atoms with E-state index in [0.717, 1.165) is 22.5 Å². The molecular weight excluding hydrogens is 461 g/mol. The van der Waals surface area contributed by atoms with Crippen LogP contribution in [0, 0.1) is 13.8 Å². The molecule has 0 bridgehead atoms. The van der Waals surface area contributed by atoms with Gasteiger partial charge in [-0.15, -0.1) is 10.2 Å². The van der Waals surface area contributed by atoms with Crippen LogP contribution in [0.5, 0.6) is 5.75 Å². The lowest BCUT2D eigenvalue weighted by atomic mass is 10.0. The number of rotatable bonds is 7. The van der Waals surface area contributed by atoms with Gasteiger partial charge in [0.2, 0.25) is 5.16 Å². The standard InChI is InChI=1S/C25H21Cl2N3OS/c1-16-3-7-18(8-4-16)23-24(19-9-5-17(2)6-10-19)29-30-25(28-23)32-14-13-31-22-12-11-20(26)15-21(22)27/h3-12,15H,13-14H2,1-2H3. The summed E-state index contributed by atoms with van der Waals surface area (Å²) in [7, 11) is 0. The molecule has 0 aliphatic heterocycles. The fourth-order valence-electron chi connectivity index (χ4n) is 3.07. The smallest absolute Gasteiger partial charge is 0.209 e. The van der Waals surface area contributed by atoms with Gasteiger partial charge in [0.05, 0.1) is 11.6 Å². The van der Waals surface area contributed by atoms with E-state index in [2.05, 4.69) is 72.6 Å². The molecule has 32 heavy (non-hydrogen) atoms. The van der Waals surface area contributed by atoms with E-state index in [1.54, 1.807) is 18.2 Å². The third-order valence-corrected chi connectivity index (χ3v) is 6.12. The molecule has 0 N–H and O–H groups in total. The highest BCUT2D eigenvalue weighted by molar-refractivity contribution is 7.99. The van der Waals surface area contributed by atoms with Gasteiger partial charge in [-0.1, -0.05) is 94.6 Å². The highest BCUT2D eigenvalue weighted by Crippen LogP contribution is 2.31. The van der Waals surface area contributed by atoms with Crippen LogP contribution < -0.4 is 4.74 Å². The fourth-order valence-corrected chi connectivity index (χ4v) is 4.13. The highest BCUT2D eigenvalue weighted by atomic mass is 35.5. The molecule has 0 saturated carbocycles. The summed E-state index contributed by atoms with van der Waals surface area (Å²) in [6, 6.07) is 21.7. The van der Waals surface area contributed by atoms with Crippen molar-refractivity contribution in [3.05, 3.63) is 87.9 Å². The summed E-state index contributed by atoms with van der Waals surface area (Å²) in [6.45, 7) is 4.58. The zero-order valence-corrected chi connectivity index (χ0v) is 20.0. The zero-order chi connectivity index (χ0) is 22.5. The van der Waals surface area contributed by atoms with Gasteiger partial charge in [-0.3, -0.25) is 0 Å². The van der Waals surface area contributed by atoms with Gasteiger partial charge in [-0.2, -0.15) is 0 Å². The van der Waals surface area contributed by atoms with Crippen molar-refractivity contribution >= 4 is 35.0 Å². The van der Waals surface area contributed by atoms with Crippen molar-refractivity contribution in [1.82, 2.24) is 15.2 Å². The lowest BCUT2D eigenvalue weighted by Gasteiger charge is -2.11. The Bertz CT molecular complexity index is 1220. The monoisotopic (exact) mass is 481 g/mol. The van der Waals surface area contributed by atoms with E-state index >= 15 is 0 Å². The Morgan fingerprint density at radius 3 is 2.03 bits per heavy atom. The number of aryl methyl sites for hydroxylation is 2. The third kappa shape index (κ3) is 5.60. The van der Waals surface area contributed by atoms with E-state index in [-0.39, 0.29) is 0 Å². The average Bonchev–Trinajstić information content (AvgIpc) is 2.79. The number of hydrogen-bond donors (Lipinski definition) is 0. The van der Waals surface area contributed by atoms with Crippen molar-refractivity contribution in [2.45, 2.75) is 19.0 Å². The SMILES string of the molecule is Cc1ccc(-c2nnc(SCCOc3ccc(Cl)cc3Cl)nc2-c2ccc(C)cc2)cc1. The van der Waals surface area contributed by atoms with E-state index < -0.39 is 0 Å². The molecule has 0 fully saturated rings. The molecule has 0 amide bonds.